The van der Waals surface area contributed by atoms with Crippen LogP contribution in [0.1, 0.15) is 16.7 Å². The predicted octanol–water partition coefficient (Wildman–Crippen LogP) is 5.64. The lowest BCUT2D eigenvalue weighted by molar-refractivity contribution is -0.120. The van der Waals surface area contributed by atoms with Crippen LogP contribution in [0.3, 0.4) is 0 Å². The average Bonchev–Trinajstić information content (AvgIpc) is 2.98. The van der Waals surface area contributed by atoms with E-state index in [0.29, 0.717) is 33.0 Å². The molecule has 2 amide bonds. The number of carbonyl (C=O) groups excluding carboxylic acids is 2. The number of benzene rings is 3. The minimum atomic E-state index is -1.03. The van der Waals surface area contributed by atoms with Crippen LogP contribution in [0.4, 0.5) is 20.2 Å². The molecule has 0 saturated heterocycles. The van der Waals surface area contributed by atoms with Gasteiger partial charge in [-0.2, -0.15) is 0 Å². The number of methoxy groups -OCH3 is 1. The molecule has 1 heterocycles. The Bertz CT molecular complexity index is 1340. The van der Waals surface area contributed by atoms with E-state index in [1.54, 1.807) is 24.3 Å². The number of aryl methyl sites for hydroxylation is 2. The van der Waals surface area contributed by atoms with Gasteiger partial charge in [0.2, 0.25) is 0 Å². The molecule has 5 nitrogen and oxygen atoms in total. The molecule has 33 heavy (non-hydrogen) atoms. The normalized spacial score (nSPS) is 13.7. The van der Waals surface area contributed by atoms with Crippen molar-refractivity contribution in [1.82, 2.24) is 0 Å². The number of hydrogen-bond acceptors (Lipinski definition) is 4. The Labute approximate surface area is 194 Å². The predicted molar refractivity (Wildman–Crippen MR) is 123 cm³/mol. The van der Waals surface area contributed by atoms with Crippen molar-refractivity contribution in [3.05, 3.63) is 93.6 Å². The Morgan fingerprint density at radius 3 is 2.36 bits per heavy atom. The third kappa shape index (κ3) is 4.07. The molecule has 1 aliphatic rings. The van der Waals surface area contributed by atoms with Crippen molar-refractivity contribution in [1.29, 1.82) is 0 Å². The zero-order valence-corrected chi connectivity index (χ0v) is 18.8. The highest BCUT2D eigenvalue weighted by Gasteiger charge is 2.42. The van der Waals surface area contributed by atoms with Gasteiger partial charge in [0.05, 0.1) is 24.1 Å². The topological polar surface area (TPSA) is 58.6 Å². The van der Waals surface area contributed by atoms with E-state index in [2.05, 4.69) is 5.32 Å². The first kappa shape index (κ1) is 22.5. The zero-order valence-electron chi connectivity index (χ0n) is 18.0. The molecule has 0 fully saturated rings. The summed E-state index contributed by atoms with van der Waals surface area (Å²) in [6.07, 6.45) is 0. The lowest BCUT2D eigenvalue weighted by atomic mass is 9.97. The van der Waals surface area contributed by atoms with E-state index in [9.17, 15) is 18.4 Å². The molecule has 0 bridgehead atoms. The molecule has 1 N–H and O–H groups in total. The highest BCUT2D eigenvalue weighted by Crippen LogP contribution is 2.38. The molecule has 1 aliphatic heterocycles. The fraction of sp³-hybridized carbons (Fsp3) is 0.120. The van der Waals surface area contributed by atoms with Crippen LogP contribution in [0.25, 0.3) is 5.57 Å². The third-order valence-electron chi connectivity index (χ3n) is 5.31. The summed E-state index contributed by atoms with van der Waals surface area (Å²) in [5, 5.41) is 3.34. The molecule has 3 aromatic carbocycles. The van der Waals surface area contributed by atoms with Crippen LogP contribution in [0.15, 0.2) is 60.3 Å². The van der Waals surface area contributed by atoms with Crippen molar-refractivity contribution in [3.63, 3.8) is 0 Å². The van der Waals surface area contributed by atoms with Gasteiger partial charge in [0, 0.05) is 11.1 Å². The maximum atomic E-state index is 14.6. The van der Waals surface area contributed by atoms with E-state index in [1.165, 1.54) is 7.11 Å². The molecule has 3 aromatic rings. The molecule has 8 heteroatoms. The van der Waals surface area contributed by atoms with Gasteiger partial charge in [-0.3, -0.25) is 9.59 Å². The number of hydrogen-bond donors (Lipinski definition) is 1. The highest BCUT2D eigenvalue weighted by molar-refractivity contribution is 6.46. The average molecular weight is 469 g/mol. The van der Waals surface area contributed by atoms with Crippen LogP contribution in [0.5, 0.6) is 5.75 Å². The smallest absolute Gasteiger partial charge is 0.282 e. The molecule has 0 unspecified atom stereocenters. The van der Waals surface area contributed by atoms with E-state index < -0.39 is 23.4 Å². The summed E-state index contributed by atoms with van der Waals surface area (Å²) in [6, 6.07) is 12.9. The molecule has 0 aromatic heterocycles. The summed E-state index contributed by atoms with van der Waals surface area (Å²) >= 11 is 6.12. The quantitative estimate of drug-likeness (QED) is 0.492. The second kappa shape index (κ2) is 8.67. The fourth-order valence-electron chi connectivity index (χ4n) is 3.78. The number of imide groups is 1. The van der Waals surface area contributed by atoms with Gasteiger partial charge in [0.15, 0.2) is 0 Å². The molecule has 0 radical (unpaired) electrons. The maximum absolute atomic E-state index is 14.6. The van der Waals surface area contributed by atoms with Gasteiger partial charge < -0.3 is 10.1 Å². The van der Waals surface area contributed by atoms with Crippen molar-refractivity contribution < 1.29 is 23.1 Å². The van der Waals surface area contributed by atoms with Gasteiger partial charge in [-0.25, -0.2) is 13.7 Å². The van der Waals surface area contributed by atoms with Gasteiger partial charge in [0.25, 0.3) is 11.8 Å². The van der Waals surface area contributed by atoms with E-state index in [4.69, 9.17) is 16.3 Å². The Balaban J connectivity index is 1.91. The molecule has 4 rings (SSSR count). The number of halogens is 3. The molecular weight excluding hydrogens is 450 g/mol. The van der Waals surface area contributed by atoms with Gasteiger partial charge in [-0.05, 0) is 55.3 Å². The SMILES string of the molecule is COc1ccc(Cl)cc1NC1=C(c2ccc(C)cc2C)C(=O)N(c2ccc(F)cc2F)C1=O. The maximum Gasteiger partial charge on any atom is 0.282 e. The van der Waals surface area contributed by atoms with Crippen molar-refractivity contribution in [3.8, 4) is 5.75 Å². The second-order valence-electron chi connectivity index (χ2n) is 7.58. The monoisotopic (exact) mass is 468 g/mol. The number of carbonyl (C=O) groups is 2. The standard InChI is InChI=1S/C25H19ClF2N2O3/c1-13-4-7-17(14(2)10-13)22-23(29-19-11-15(26)5-9-21(19)33-3)25(32)30(24(22)31)20-8-6-16(27)12-18(20)28/h4-12,29H,1-3H3. The second-order valence-corrected chi connectivity index (χ2v) is 8.02. The summed E-state index contributed by atoms with van der Waals surface area (Å²) in [5.41, 5.74) is 2.23. The van der Waals surface area contributed by atoms with Crippen molar-refractivity contribution in [2.45, 2.75) is 13.8 Å². The van der Waals surface area contributed by atoms with E-state index in [-0.39, 0.29) is 17.0 Å². The number of ether oxygens (including phenoxy) is 1. The first-order chi connectivity index (χ1) is 15.7. The molecule has 0 saturated carbocycles. The lowest BCUT2D eigenvalue weighted by Crippen LogP contribution is -2.33. The van der Waals surface area contributed by atoms with Crippen LogP contribution >= 0.6 is 11.6 Å². The third-order valence-corrected chi connectivity index (χ3v) is 5.54. The lowest BCUT2D eigenvalue weighted by Gasteiger charge is -2.16. The number of nitrogens with zero attached hydrogens (tertiary/aromatic N) is 1. The van der Waals surface area contributed by atoms with Gasteiger partial charge >= 0.3 is 0 Å². The summed E-state index contributed by atoms with van der Waals surface area (Å²) < 4.78 is 33.4. The van der Waals surface area contributed by atoms with Crippen LogP contribution in [-0.4, -0.2) is 18.9 Å². The van der Waals surface area contributed by atoms with Crippen LogP contribution in [0.2, 0.25) is 5.02 Å². The number of amides is 2. The Morgan fingerprint density at radius 2 is 1.70 bits per heavy atom. The Hall–Kier alpha value is -3.71. The van der Waals surface area contributed by atoms with Crippen molar-refractivity contribution in [2.75, 3.05) is 17.3 Å². The zero-order chi connectivity index (χ0) is 23.9. The number of nitrogens with one attached hydrogen (secondary N) is 1. The summed E-state index contributed by atoms with van der Waals surface area (Å²) in [5.74, 6) is -2.99. The highest BCUT2D eigenvalue weighted by atomic mass is 35.5. The number of anilines is 2. The molecule has 168 valence electrons. The van der Waals surface area contributed by atoms with Crippen LogP contribution < -0.4 is 15.0 Å². The van der Waals surface area contributed by atoms with E-state index in [1.807, 2.05) is 26.0 Å². The molecular formula is C25H19ClF2N2O3. The molecule has 0 aliphatic carbocycles. The Kier molecular flexibility index (Phi) is 5.91. The van der Waals surface area contributed by atoms with Crippen LogP contribution in [0, 0.1) is 25.5 Å². The van der Waals surface area contributed by atoms with E-state index >= 15 is 0 Å². The van der Waals surface area contributed by atoms with Crippen LogP contribution in [-0.2, 0) is 9.59 Å². The summed E-state index contributed by atoms with van der Waals surface area (Å²) in [4.78, 5) is 27.7. The van der Waals surface area contributed by atoms with Crippen molar-refractivity contribution >= 4 is 40.4 Å². The van der Waals surface area contributed by atoms with Gasteiger partial charge in [0.1, 0.15) is 23.1 Å². The summed E-state index contributed by atoms with van der Waals surface area (Å²) in [6.45, 7) is 3.72. The van der Waals surface area contributed by atoms with Gasteiger partial charge in [-0.1, -0.05) is 35.4 Å². The largest absolute Gasteiger partial charge is 0.495 e. The van der Waals surface area contributed by atoms with E-state index in [0.717, 1.165) is 23.3 Å². The first-order valence-electron chi connectivity index (χ1n) is 9.97. The Morgan fingerprint density at radius 1 is 0.939 bits per heavy atom. The van der Waals surface area contributed by atoms with Gasteiger partial charge in [-0.15, -0.1) is 0 Å². The molecule has 0 spiro atoms. The molecule has 0 atom stereocenters. The van der Waals surface area contributed by atoms with Crippen molar-refractivity contribution in [2.24, 2.45) is 0 Å². The minimum Gasteiger partial charge on any atom is -0.495 e. The summed E-state index contributed by atoms with van der Waals surface area (Å²) in [7, 11) is 1.45. The minimum absolute atomic E-state index is 0.0586. The number of rotatable bonds is 5. The first-order valence-corrected chi connectivity index (χ1v) is 10.4. The fourth-order valence-corrected chi connectivity index (χ4v) is 3.96.